The van der Waals surface area contributed by atoms with Crippen LogP contribution < -0.4 is 5.32 Å². The van der Waals surface area contributed by atoms with Crippen LogP contribution in [0.25, 0.3) is 0 Å². The Labute approximate surface area is 55.7 Å². The molecular formula is C7H12N2. The molecule has 0 aliphatic carbocycles. The number of hydrogen-bond donors (Lipinski definition) is 1. The number of nitrogens with zero attached hydrogens (tertiary/aromatic N) is 1. The molecule has 2 heteroatoms. The minimum absolute atomic E-state index is 0.743. The van der Waals surface area contributed by atoms with Crippen molar-refractivity contribution >= 4 is 6.21 Å². The molecule has 0 spiro atoms. The van der Waals surface area contributed by atoms with Crippen molar-refractivity contribution < 1.29 is 0 Å². The lowest BCUT2D eigenvalue weighted by atomic mass is 10.2. The number of allylic oxidation sites excluding steroid dienone is 1. The van der Waals surface area contributed by atoms with Gasteiger partial charge in [0.15, 0.2) is 0 Å². The molecule has 0 radical (unpaired) electrons. The van der Waals surface area contributed by atoms with Crippen molar-refractivity contribution in [3.8, 4) is 0 Å². The van der Waals surface area contributed by atoms with Gasteiger partial charge in [-0.3, -0.25) is 4.99 Å². The maximum atomic E-state index is 4.07. The second-order valence-electron chi connectivity index (χ2n) is 2.14. The Morgan fingerprint density at radius 3 is 3.22 bits per heavy atom. The zero-order valence-electron chi connectivity index (χ0n) is 5.72. The predicted molar refractivity (Wildman–Crippen MR) is 39.5 cm³/mol. The van der Waals surface area contributed by atoms with Crippen molar-refractivity contribution in [1.29, 1.82) is 0 Å². The van der Waals surface area contributed by atoms with Crippen molar-refractivity contribution in [2.75, 3.05) is 6.67 Å². The Balaban J connectivity index is 2.38. The van der Waals surface area contributed by atoms with Crippen LogP contribution in [0.5, 0.6) is 0 Å². The highest BCUT2D eigenvalue weighted by Crippen LogP contribution is 2.01. The molecule has 0 atom stereocenters. The summed E-state index contributed by atoms with van der Waals surface area (Å²) in [6, 6.07) is 0. The summed E-state index contributed by atoms with van der Waals surface area (Å²) in [7, 11) is 0. The zero-order valence-corrected chi connectivity index (χ0v) is 5.72. The van der Waals surface area contributed by atoms with Crippen molar-refractivity contribution in [3.63, 3.8) is 0 Å². The van der Waals surface area contributed by atoms with E-state index in [0.717, 1.165) is 13.1 Å². The van der Waals surface area contributed by atoms with Gasteiger partial charge < -0.3 is 5.32 Å². The maximum absolute atomic E-state index is 4.07. The smallest absolute Gasteiger partial charge is 0.107 e. The van der Waals surface area contributed by atoms with Gasteiger partial charge in [0.1, 0.15) is 6.67 Å². The molecule has 0 fully saturated rings. The minimum Gasteiger partial charge on any atom is -0.372 e. The maximum Gasteiger partial charge on any atom is 0.107 e. The fourth-order valence-electron chi connectivity index (χ4n) is 0.855. The van der Waals surface area contributed by atoms with Gasteiger partial charge in [-0.2, -0.15) is 0 Å². The average molecular weight is 124 g/mol. The lowest BCUT2D eigenvalue weighted by Crippen LogP contribution is -2.11. The molecule has 0 aromatic rings. The largest absolute Gasteiger partial charge is 0.372 e. The van der Waals surface area contributed by atoms with Gasteiger partial charge in [-0.05, 0) is 12.0 Å². The summed E-state index contributed by atoms with van der Waals surface area (Å²) in [6.45, 7) is 2.91. The highest BCUT2D eigenvalue weighted by atomic mass is 15.0. The van der Waals surface area contributed by atoms with Gasteiger partial charge in [0.05, 0.1) is 0 Å². The van der Waals surface area contributed by atoms with E-state index in [2.05, 4.69) is 17.2 Å². The van der Waals surface area contributed by atoms with E-state index in [0.29, 0.717) is 0 Å². The van der Waals surface area contributed by atoms with Crippen LogP contribution in [-0.2, 0) is 0 Å². The van der Waals surface area contributed by atoms with Gasteiger partial charge in [0.2, 0.25) is 0 Å². The standard InChI is InChI=1S/C7H12N2/c1-2-3-7-4-8-6-9-5-7/h4-5,8H,2-3,6H2,1H3. The van der Waals surface area contributed by atoms with Crippen LogP contribution in [0.4, 0.5) is 0 Å². The third-order valence-electron chi connectivity index (χ3n) is 1.27. The van der Waals surface area contributed by atoms with E-state index in [-0.39, 0.29) is 0 Å². The van der Waals surface area contributed by atoms with Gasteiger partial charge >= 0.3 is 0 Å². The Kier molecular flexibility index (Phi) is 2.31. The molecule has 1 aliphatic heterocycles. The van der Waals surface area contributed by atoms with Crippen LogP contribution in [-0.4, -0.2) is 12.9 Å². The summed E-state index contributed by atoms with van der Waals surface area (Å²) in [5.74, 6) is 0. The molecule has 0 saturated carbocycles. The fourth-order valence-corrected chi connectivity index (χ4v) is 0.855. The monoisotopic (exact) mass is 124 g/mol. The first-order valence-electron chi connectivity index (χ1n) is 3.35. The Bertz CT molecular complexity index is 136. The number of hydrogen-bond acceptors (Lipinski definition) is 2. The van der Waals surface area contributed by atoms with E-state index in [4.69, 9.17) is 0 Å². The van der Waals surface area contributed by atoms with Crippen molar-refractivity contribution in [2.45, 2.75) is 19.8 Å². The molecule has 0 aromatic heterocycles. The predicted octanol–water partition coefficient (Wildman–Crippen LogP) is 1.30. The third-order valence-corrected chi connectivity index (χ3v) is 1.27. The summed E-state index contributed by atoms with van der Waals surface area (Å²) in [5, 5.41) is 3.06. The number of rotatable bonds is 2. The molecular weight excluding hydrogens is 112 g/mol. The van der Waals surface area contributed by atoms with Crippen LogP contribution >= 0.6 is 0 Å². The lowest BCUT2D eigenvalue weighted by molar-refractivity contribution is 0.838. The zero-order chi connectivity index (χ0) is 6.53. The molecule has 0 aromatic carbocycles. The second kappa shape index (κ2) is 3.28. The van der Waals surface area contributed by atoms with Gasteiger partial charge in [-0.25, -0.2) is 0 Å². The molecule has 1 rings (SSSR count). The molecule has 50 valence electrons. The van der Waals surface area contributed by atoms with Gasteiger partial charge in [0.25, 0.3) is 0 Å². The summed E-state index contributed by atoms with van der Waals surface area (Å²) in [6.07, 6.45) is 6.31. The van der Waals surface area contributed by atoms with Gasteiger partial charge in [-0.15, -0.1) is 0 Å². The van der Waals surface area contributed by atoms with Gasteiger partial charge in [0, 0.05) is 12.4 Å². The normalized spacial score (nSPS) is 16.8. The third kappa shape index (κ3) is 1.88. The van der Waals surface area contributed by atoms with E-state index < -0.39 is 0 Å². The molecule has 0 amide bonds. The van der Waals surface area contributed by atoms with Crippen LogP contribution in [0.1, 0.15) is 19.8 Å². The van der Waals surface area contributed by atoms with E-state index >= 15 is 0 Å². The Morgan fingerprint density at radius 1 is 1.78 bits per heavy atom. The quantitative estimate of drug-likeness (QED) is 0.589. The highest BCUT2D eigenvalue weighted by molar-refractivity contribution is 5.78. The molecule has 0 unspecified atom stereocenters. The fraction of sp³-hybridized carbons (Fsp3) is 0.571. The van der Waals surface area contributed by atoms with E-state index in [1.54, 1.807) is 0 Å². The SMILES string of the molecule is CCCC1=CNCN=C1. The average Bonchev–Trinajstić information content (AvgIpc) is 1.91. The first-order valence-corrected chi connectivity index (χ1v) is 3.35. The molecule has 9 heavy (non-hydrogen) atoms. The van der Waals surface area contributed by atoms with E-state index in [1.165, 1.54) is 12.0 Å². The minimum atomic E-state index is 0.743. The first-order chi connectivity index (χ1) is 4.43. The van der Waals surface area contributed by atoms with Crippen LogP contribution in [0.2, 0.25) is 0 Å². The van der Waals surface area contributed by atoms with Crippen molar-refractivity contribution in [2.24, 2.45) is 4.99 Å². The molecule has 1 heterocycles. The van der Waals surface area contributed by atoms with Gasteiger partial charge in [-0.1, -0.05) is 13.3 Å². The van der Waals surface area contributed by atoms with E-state index in [9.17, 15) is 0 Å². The highest BCUT2D eigenvalue weighted by Gasteiger charge is 1.93. The molecule has 2 nitrogen and oxygen atoms in total. The van der Waals surface area contributed by atoms with Crippen LogP contribution in [0, 0.1) is 0 Å². The van der Waals surface area contributed by atoms with Crippen molar-refractivity contribution in [1.82, 2.24) is 5.32 Å². The van der Waals surface area contributed by atoms with Crippen LogP contribution in [0.15, 0.2) is 16.8 Å². The molecule has 0 bridgehead atoms. The summed E-state index contributed by atoms with van der Waals surface area (Å²) >= 11 is 0. The Morgan fingerprint density at radius 2 is 2.67 bits per heavy atom. The number of nitrogens with one attached hydrogen (secondary N) is 1. The molecule has 1 aliphatic rings. The molecule has 0 saturated heterocycles. The lowest BCUT2D eigenvalue weighted by Gasteiger charge is -2.05. The van der Waals surface area contributed by atoms with E-state index in [1.807, 2.05) is 12.4 Å². The first kappa shape index (κ1) is 6.33. The van der Waals surface area contributed by atoms with Crippen LogP contribution in [0.3, 0.4) is 0 Å². The summed E-state index contributed by atoms with van der Waals surface area (Å²) in [5.41, 5.74) is 1.31. The topological polar surface area (TPSA) is 24.4 Å². The Hall–Kier alpha value is -0.790. The van der Waals surface area contributed by atoms with Crippen molar-refractivity contribution in [3.05, 3.63) is 11.8 Å². The summed E-state index contributed by atoms with van der Waals surface area (Å²) in [4.78, 5) is 4.07. The molecule has 1 N–H and O–H groups in total. The second-order valence-corrected chi connectivity index (χ2v) is 2.14. The number of aliphatic imine (C=N–C) groups is 1. The summed E-state index contributed by atoms with van der Waals surface area (Å²) < 4.78 is 0.